The molecule has 1 N–H and O–H groups in total. The fraction of sp³-hybridized carbons (Fsp3) is 0.0238. The maximum absolute atomic E-state index is 7.56. The van der Waals surface area contributed by atoms with Gasteiger partial charge in [-0.25, -0.2) is 0 Å². The average molecular weight is 1290 g/mol. The lowest BCUT2D eigenvalue weighted by Gasteiger charge is -2.39. The maximum atomic E-state index is 7.56. The Balaban J connectivity index is 0.783. The van der Waals surface area contributed by atoms with E-state index in [1.165, 1.54) is 20.6 Å². The van der Waals surface area contributed by atoms with Gasteiger partial charge >= 0.3 is 0 Å². The topological polar surface area (TPSA) is 67.9 Å². The van der Waals surface area contributed by atoms with Crippen molar-refractivity contribution in [2.45, 2.75) is 13.8 Å². The quantitative estimate of drug-likeness (QED) is 0.142. The highest BCUT2D eigenvalue weighted by Crippen LogP contribution is 2.50. The number of hydrogen-bond donors (Lipinski definition) is 1. The van der Waals surface area contributed by atoms with Crippen molar-refractivity contribution >= 4 is 173 Å². The predicted octanol–water partition coefficient (Wildman–Crippen LogP) is 17.3. The van der Waals surface area contributed by atoms with Crippen molar-refractivity contribution in [2.75, 3.05) is 20.0 Å². The minimum Gasteiger partial charge on any atom is -0.458 e. The predicted molar refractivity (Wildman–Crippen MR) is 407 cm³/mol. The summed E-state index contributed by atoms with van der Waals surface area (Å²) in [4.78, 5) is 6.88. The van der Waals surface area contributed by atoms with Crippen molar-refractivity contribution in [3.63, 3.8) is 0 Å². The molecule has 0 amide bonds. The Labute approximate surface area is 574 Å². The number of nitrogens with one attached hydrogen (secondary N) is 1. The summed E-state index contributed by atoms with van der Waals surface area (Å²) in [5.41, 5.74) is 20.6. The van der Waals surface area contributed by atoms with Gasteiger partial charge in [-0.3, -0.25) is 0 Å². The van der Waals surface area contributed by atoms with Gasteiger partial charge in [0.25, 0.3) is 20.1 Å². The van der Waals surface area contributed by atoms with Gasteiger partial charge in [0.15, 0.2) is 0 Å². The zero-order valence-electron chi connectivity index (χ0n) is 53.0. The third-order valence-corrected chi connectivity index (χ3v) is 22.6. The second kappa shape index (κ2) is 21.3. The van der Waals surface area contributed by atoms with E-state index in [1.807, 2.05) is 11.3 Å². The molecule has 0 atom stereocenters. The highest BCUT2D eigenvalue weighted by molar-refractivity contribution is 7.34. The molecule has 21 rings (SSSR count). The number of fused-ring (bicyclic) bond motifs is 16. The average Bonchev–Trinajstić information content (AvgIpc) is 1.14. The maximum Gasteiger partial charge on any atom is 0.273 e. The Morgan fingerprint density at radius 1 is 0.276 bits per heavy atom. The van der Waals surface area contributed by atoms with Gasteiger partial charge in [-0.2, -0.15) is 0 Å². The summed E-state index contributed by atoms with van der Waals surface area (Å²) in [6, 6.07) is 99.4. The molecule has 0 radical (unpaired) electrons. The zero-order valence-corrected chi connectivity index (χ0v) is 54.6. The summed E-state index contributed by atoms with van der Waals surface area (Å²) in [5.74, 6) is 7.69. The molecule has 14 heteroatoms. The van der Waals surface area contributed by atoms with Crippen molar-refractivity contribution in [2.24, 2.45) is 0 Å². The van der Waals surface area contributed by atoms with E-state index in [9.17, 15) is 0 Å². The monoisotopic (exact) mass is 1290 g/mol. The fourth-order valence-corrected chi connectivity index (χ4v) is 18.4. The minimum absolute atomic E-state index is 0.193. The Kier molecular flexibility index (Phi) is 12.1. The van der Waals surface area contributed by atoms with E-state index in [-0.39, 0.29) is 20.1 Å². The summed E-state index contributed by atoms with van der Waals surface area (Å²) in [6.07, 6.45) is 0. The Morgan fingerprint density at radius 2 is 0.622 bits per heavy atom. The van der Waals surface area contributed by atoms with Crippen LogP contribution < -0.4 is 91.5 Å². The standard InChI is InChI=1S/C84H53B3N4O5S2/c1-49-31-35-55(36-32-49)91(56-37-33-50(2)34-38-56)57-39-67-78-71(40-57)95-81-60-27-15-17-29-76(60)97-83(81)86(78)62-45-63-68(47-66(62)88-67)92-72-41-58(89(51-19-7-3-8-20-51)52-21-9-4-10-22-52)42-73-79(72)85(63)64-46-65-70(48-69(64)93-73)94-74-43-59(90(53-23-11-5-12-24-53)54-25-13-6-14-26-54)44-75-80(74)87(65)84-82(96-75)61-28-16-18-30-77(61)98-84/h3-48,88H,1-2H3. The van der Waals surface area contributed by atoms with E-state index in [4.69, 9.17) is 23.7 Å². The van der Waals surface area contributed by atoms with Crippen LogP contribution >= 0.6 is 22.7 Å². The lowest BCUT2D eigenvalue weighted by molar-refractivity contribution is 0.453. The van der Waals surface area contributed by atoms with E-state index >= 15 is 0 Å². The molecule has 0 saturated carbocycles. The molecule has 2 aromatic heterocycles. The van der Waals surface area contributed by atoms with Crippen molar-refractivity contribution < 1.29 is 23.7 Å². The molecule has 0 aliphatic carbocycles. The van der Waals surface area contributed by atoms with Crippen molar-refractivity contribution in [1.82, 2.24) is 0 Å². The largest absolute Gasteiger partial charge is 0.458 e. The van der Waals surface area contributed by atoms with Crippen LogP contribution in [0.4, 0.5) is 62.6 Å². The smallest absolute Gasteiger partial charge is 0.273 e. The van der Waals surface area contributed by atoms with Gasteiger partial charge in [0.1, 0.15) is 57.5 Å². The second-order valence-electron chi connectivity index (χ2n) is 26.1. The van der Waals surface area contributed by atoms with Crippen molar-refractivity contribution in [1.29, 1.82) is 0 Å². The number of hydrogen-bond acceptors (Lipinski definition) is 11. The molecule has 0 unspecified atom stereocenters. The normalized spacial score (nSPS) is 13.2. The number of rotatable bonds is 9. The van der Waals surface area contributed by atoms with Gasteiger partial charge in [-0.05, 0) is 144 Å². The highest BCUT2D eigenvalue weighted by atomic mass is 32.1. The number of thiophene rings is 2. The molecule has 6 aliphatic rings. The second-order valence-corrected chi connectivity index (χ2v) is 28.2. The molecule has 0 saturated heterocycles. The molecule has 98 heavy (non-hydrogen) atoms. The van der Waals surface area contributed by atoms with Crippen LogP contribution in [0.2, 0.25) is 0 Å². The zero-order chi connectivity index (χ0) is 64.4. The number of aryl methyl sites for hydroxylation is 2. The number of nitrogens with zero attached hydrogens (tertiary/aromatic N) is 3. The molecule has 15 aromatic rings. The van der Waals surface area contributed by atoms with Crippen LogP contribution in [-0.2, 0) is 0 Å². The van der Waals surface area contributed by atoms with Crippen LogP contribution in [0.3, 0.4) is 0 Å². The summed E-state index contributed by atoms with van der Waals surface area (Å²) < 4.78 is 41.8. The number of anilines is 11. The molecule has 9 nitrogen and oxygen atoms in total. The minimum atomic E-state index is -0.350. The van der Waals surface area contributed by atoms with Gasteiger partial charge in [0.2, 0.25) is 0 Å². The van der Waals surface area contributed by atoms with Crippen LogP contribution in [-0.4, -0.2) is 20.1 Å². The van der Waals surface area contributed by atoms with Crippen molar-refractivity contribution in [3.05, 3.63) is 290 Å². The van der Waals surface area contributed by atoms with Crippen LogP contribution in [0.15, 0.2) is 279 Å². The lowest BCUT2D eigenvalue weighted by Crippen LogP contribution is -2.63. The van der Waals surface area contributed by atoms with E-state index < -0.39 is 0 Å². The third kappa shape index (κ3) is 8.47. The first-order valence-corrected chi connectivity index (χ1v) is 34.8. The summed E-state index contributed by atoms with van der Waals surface area (Å²) in [5, 5.41) is 6.25. The van der Waals surface area contributed by atoms with Gasteiger partial charge in [-0.15, -0.1) is 22.7 Å². The van der Waals surface area contributed by atoms with E-state index in [2.05, 4.69) is 313 Å². The van der Waals surface area contributed by atoms with Crippen LogP contribution in [0.1, 0.15) is 11.1 Å². The lowest BCUT2D eigenvalue weighted by atomic mass is 9.31. The molecule has 8 heterocycles. The number of ether oxygens (including phenoxy) is 5. The molecular weight excluding hydrogens is 1240 g/mol. The van der Waals surface area contributed by atoms with E-state index in [1.54, 1.807) is 11.3 Å². The molecule has 460 valence electrons. The SMILES string of the molecule is Cc1ccc(N(c2ccc(C)cc2)c2cc3c4c(c2)Oc2c(sc5ccccc25)B4c2cc4c(cc2N3)Oc2cc(N(c3ccccc3)c3ccccc3)cc3c2B4c2cc4c(cc2O3)Oc2cc(N(c3ccccc3)c3ccccc3)cc3c2B4c2sc4ccccc4c2O3)cc1. The summed E-state index contributed by atoms with van der Waals surface area (Å²) >= 11 is 3.61. The molecule has 0 bridgehead atoms. The third-order valence-electron chi connectivity index (χ3n) is 20.2. The van der Waals surface area contributed by atoms with Gasteiger partial charge in [0, 0.05) is 129 Å². The first kappa shape index (κ1) is 55.5. The van der Waals surface area contributed by atoms with Crippen LogP contribution in [0, 0.1) is 13.8 Å². The summed E-state index contributed by atoms with van der Waals surface area (Å²) in [7, 11) is 0. The van der Waals surface area contributed by atoms with Crippen LogP contribution in [0.25, 0.3) is 20.2 Å². The van der Waals surface area contributed by atoms with Gasteiger partial charge in [-0.1, -0.05) is 145 Å². The highest BCUT2D eigenvalue weighted by Gasteiger charge is 2.49. The van der Waals surface area contributed by atoms with Gasteiger partial charge < -0.3 is 43.7 Å². The van der Waals surface area contributed by atoms with E-state index in [0.29, 0.717) is 11.5 Å². The Morgan fingerprint density at radius 3 is 1.08 bits per heavy atom. The number of para-hydroxylation sites is 4. The van der Waals surface area contributed by atoms with E-state index in [0.717, 1.165) is 167 Å². The first-order chi connectivity index (χ1) is 48.3. The molecule has 6 aliphatic heterocycles. The van der Waals surface area contributed by atoms with Crippen molar-refractivity contribution in [3.8, 4) is 57.5 Å². The van der Waals surface area contributed by atoms with Gasteiger partial charge in [0.05, 0.1) is 17.1 Å². The summed E-state index contributed by atoms with van der Waals surface area (Å²) in [6.45, 7) is 3.48. The molecule has 13 aromatic carbocycles. The molecular formula is C84H53B3N4O5S2. The first-order valence-electron chi connectivity index (χ1n) is 33.2. The Bertz CT molecular complexity index is 5720. The molecule has 0 fully saturated rings. The van der Waals surface area contributed by atoms with Crippen LogP contribution in [0.5, 0.6) is 57.5 Å². The number of benzene rings is 13. The molecule has 0 spiro atoms. The Hall–Kier alpha value is -11.8. The fourth-order valence-electron chi connectivity index (χ4n) is 15.8.